The van der Waals surface area contributed by atoms with Gasteiger partial charge in [0.2, 0.25) is 0 Å². The summed E-state index contributed by atoms with van der Waals surface area (Å²) in [7, 11) is 0. The highest BCUT2D eigenvalue weighted by Crippen LogP contribution is 2.12. The van der Waals surface area contributed by atoms with Crippen LogP contribution in [0, 0.1) is 6.92 Å². The molecule has 0 fully saturated rings. The van der Waals surface area contributed by atoms with Crippen LogP contribution in [0.1, 0.15) is 32.5 Å². The standard InChI is InChI=1S/C12H22N4O/c1-4-6-13-11-7-12(15-9(3)14-11)16-10(5-2)8-17/h7,10,17H,4-6,8H2,1-3H3,(H2,13,14,15,16). The summed E-state index contributed by atoms with van der Waals surface area (Å²) in [6.45, 7) is 7.00. The predicted octanol–water partition coefficient (Wildman–Crippen LogP) is 1.79. The molecule has 0 saturated carbocycles. The van der Waals surface area contributed by atoms with Crippen LogP contribution in [0.4, 0.5) is 11.6 Å². The lowest BCUT2D eigenvalue weighted by Gasteiger charge is -2.15. The molecule has 1 rings (SSSR count). The second kappa shape index (κ2) is 7.06. The minimum atomic E-state index is 0.0447. The number of aliphatic hydroxyl groups is 1. The molecule has 1 aromatic heterocycles. The van der Waals surface area contributed by atoms with E-state index in [0.717, 1.165) is 36.8 Å². The van der Waals surface area contributed by atoms with Crippen molar-refractivity contribution in [3.8, 4) is 0 Å². The van der Waals surface area contributed by atoms with E-state index in [9.17, 15) is 0 Å². The van der Waals surface area contributed by atoms with E-state index in [1.54, 1.807) is 0 Å². The zero-order valence-corrected chi connectivity index (χ0v) is 10.8. The number of hydrogen-bond acceptors (Lipinski definition) is 5. The molecule has 0 radical (unpaired) electrons. The summed E-state index contributed by atoms with van der Waals surface area (Å²) >= 11 is 0. The molecule has 1 atom stereocenters. The highest BCUT2D eigenvalue weighted by atomic mass is 16.3. The molecule has 0 aliphatic carbocycles. The topological polar surface area (TPSA) is 70.1 Å². The number of nitrogens with one attached hydrogen (secondary N) is 2. The highest BCUT2D eigenvalue weighted by Gasteiger charge is 2.07. The van der Waals surface area contributed by atoms with Crippen molar-refractivity contribution in [3.63, 3.8) is 0 Å². The number of hydrogen-bond donors (Lipinski definition) is 3. The van der Waals surface area contributed by atoms with Gasteiger partial charge in [0, 0.05) is 12.6 Å². The van der Waals surface area contributed by atoms with Crippen LogP contribution in [0.5, 0.6) is 0 Å². The monoisotopic (exact) mass is 238 g/mol. The van der Waals surface area contributed by atoms with Crippen LogP contribution in [0.25, 0.3) is 0 Å². The fourth-order valence-electron chi connectivity index (χ4n) is 1.47. The molecule has 0 spiro atoms. The molecule has 0 aliphatic rings. The minimum absolute atomic E-state index is 0.0447. The summed E-state index contributed by atoms with van der Waals surface area (Å²) in [5.41, 5.74) is 0. The van der Waals surface area contributed by atoms with Gasteiger partial charge >= 0.3 is 0 Å². The largest absolute Gasteiger partial charge is 0.394 e. The van der Waals surface area contributed by atoms with Crippen molar-refractivity contribution in [3.05, 3.63) is 11.9 Å². The number of aryl methyl sites for hydroxylation is 1. The average Bonchev–Trinajstić information content (AvgIpc) is 2.32. The molecule has 96 valence electrons. The van der Waals surface area contributed by atoms with Crippen LogP contribution >= 0.6 is 0 Å². The summed E-state index contributed by atoms with van der Waals surface area (Å²) < 4.78 is 0. The Hall–Kier alpha value is -1.36. The van der Waals surface area contributed by atoms with Gasteiger partial charge in [0.25, 0.3) is 0 Å². The molecule has 0 amide bonds. The molecule has 0 aromatic carbocycles. The first-order valence-corrected chi connectivity index (χ1v) is 6.16. The molecule has 0 bridgehead atoms. The molecule has 0 aliphatic heterocycles. The van der Waals surface area contributed by atoms with Gasteiger partial charge in [-0.05, 0) is 19.8 Å². The lowest BCUT2D eigenvalue weighted by Crippen LogP contribution is -2.23. The quantitative estimate of drug-likeness (QED) is 0.675. The predicted molar refractivity (Wildman–Crippen MR) is 70.3 cm³/mol. The van der Waals surface area contributed by atoms with Crippen molar-refractivity contribution in [2.45, 2.75) is 39.7 Å². The number of rotatable bonds is 7. The molecule has 17 heavy (non-hydrogen) atoms. The molecule has 5 nitrogen and oxygen atoms in total. The van der Waals surface area contributed by atoms with Gasteiger partial charge in [-0.2, -0.15) is 0 Å². The van der Waals surface area contributed by atoms with Gasteiger partial charge in [-0.1, -0.05) is 13.8 Å². The summed E-state index contributed by atoms with van der Waals surface area (Å²) in [6.07, 6.45) is 1.91. The van der Waals surface area contributed by atoms with E-state index in [2.05, 4.69) is 27.5 Å². The third kappa shape index (κ3) is 4.56. The molecule has 1 heterocycles. The SMILES string of the molecule is CCCNc1cc(NC(CC)CO)nc(C)n1. The summed E-state index contributed by atoms with van der Waals surface area (Å²) in [5, 5.41) is 15.6. The van der Waals surface area contributed by atoms with Gasteiger partial charge in [0.15, 0.2) is 0 Å². The normalized spacial score (nSPS) is 12.2. The van der Waals surface area contributed by atoms with Crippen LogP contribution in [-0.2, 0) is 0 Å². The average molecular weight is 238 g/mol. The number of nitrogens with zero attached hydrogens (tertiary/aromatic N) is 2. The van der Waals surface area contributed by atoms with Crippen molar-refractivity contribution < 1.29 is 5.11 Å². The third-order valence-corrected chi connectivity index (χ3v) is 2.46. The van der Waals surface area contributed by atoms with Gasteiger partial charge in [-0.3, -0.25) is 0 Å². The summed E-state index contributed by atoms with van der Waals surface area (Å²) in [6, 6.07) is 1.92. The van der Waals surface area contributed by atoms with Crippen molar-refractivity contribution in [1.82, 2.24) is 9.97 Å². The maximum absolute atomic E-state index is 9.15. The fraction of sp³-hybridized carbons (Fsp3) is 0.667. The first-order chi connectivity index (χ1) is 8.19. The molecule has 5 heteroatoms. The number of anilines is 2. The Balaban J connectivity index is 2.74. The van der Waals surface area contributed by atoms with Crippen LogP contribution in [0.15, 0.2) is 6.07 Å². The Bertz CT molecular complexity index is 339. The van der Waals surface area contributed by atoms with Gasteiger partial charge < -0.3 is 15.7 Å². The Morgan fingerprint density at radius 3 is 2.59 bits per heavy atom. The number of aromatic nitrogens is 2. The zero-order valence-electron chi connectivity index (χ0n) is 10.8. The van der Waals surface area contributed by atoms with E-state index in [1.165, 1.54) is 0 Å². The first kappa shape index (κ1) is 13.7. The van der Waals surface area contributed by atoms with Crippen LogP contribution in [0.3, 0.4) is 0 Å². The molecule has 0 saturated heterocycles. The minimum Gasteiger partial charge on any atom is -0.394 e. The second-order valence-electron chi connectivity index (χ2n) is 4.04. The second-order valence-corrected chi connectivity index (χ2v) is 4.04. The molecule has 1 unspecified atom stereocenters. The van der Waals surface area contributed by atoms with E-state index < -0.39 is 0 Å². The maximum Gasteiger partial charge on any atom is 0.132 e. The Kier molecular flexibility index (Phi) is 5.69. The van der Waals surface area contributed by atoms with E-state index in [0.29, 0.717) is 0 Å². The van der Waals surface area contributed by atoms with E-state index in [1.807, 2.05) is 19.9 Å². The maximum atomic E-state index is 9.15. The Morgan fingerprint density at radius 1 is 1.29 bits per heavy atom. The van der Waals surface area contributed by atoms with Crippen molar-refractivity contribution in [2.24, 2.45) is 0 Å². The molecular formula is C12H22N4O. The van der Waals surface area contributed by atoms with Gasteiger partial charge in [-0.25, -0.2) is 9.97 Å². The fourth-order valence-corrected chi connectivity index (χ4v) is 1.47. The van der Waals surface area contributed by atoms with E-state index >= 15 is 0 Å². The lowest BCUT2D eigenvalue weighted by atomic mass is 10.2. The van der Waals surface area contributed by atoms with Crippen LogP contribution < -0.4 is 10.6 Å². The van der Waals surface area contributed by atoms with Gasteiger partial charge in [-0.15, -0.1) is 0 Å². The number of aliphatic hydroxyl groups excluding tert-OH is 1. The first-order valence-electron chi connectivity index (χ1n) is 6.16. The molecule has 1 aromatic rings. The Labute approximate surface area is 103 Å². The smallest absolute Gasteiger partial charge is 0.132 e. The van der Waals surface area contributed by atoms with Gasteiger partial charge in [0.05, 0.1) is 12.6 Å². The zero-order chi connectivity index (χ0) is 12.7. The Morgan fingerprint density at radius 2 is 2.00 bits per heavy atom. The van der Waals surface area contributed by atoms with Crippen molar-refractivity contribution in [1.29, 1.82) is 0 Å². The summed E-state index contributed by atoms with van der Waals surface area (Å²) in [4.78, 5) is 8.61. The van der Waals surface area contributed by atoms with E-state index in [4.69, 9.17) is 5.11 Å². The summed E-state index contributed by atoms with van der Waals surface area (Å²) in [5.74, 6) is 2.31. The molecule has 3 N–H and O–H groups in total. The highest BCUT2D eigenvalue weighted by molar-refractivity contribution is 5.48. The van der Waals surface area contributed by atoms with Gasteiger partial charge in [0.1, 0.15) is 17.5 Å². The molecular weight excluding hydrogens is 216 g/mol. The van der Waals surface area contributed by atoms with Crippen molar-refractivity contribution >= 4 is 11.6 Å². The van der Waals surface area contributed by atoms with Crippen LogP contribution in [-0.4, -0.2) is 34.3 Å². The third-order valence-electron chi connectivity index (χ3n) is 2.46. The van der Waals surface area contributed by atoms with Crippen LogP contribution in [0.2, 0.25) is 0 Å². The van der Waals surface area contributed by atoms with Crippen molar-refractivity contribution in [2.75, 3.05) is 23.8 Å². The van der Waals surface area contributed by atoms with E-state index in [-0.39, 0.29) is 12.6 Å². The lowest BCUT2D eigenvalue weighted by molar-refractivity contribution is 0.271.